The molecule has 0 aliphatic carbocycles. The predicted octanol–water partition coefficient (Wildman–Crippen LogP) is 0.579. The third-order valence-corrected chi connectivity index (χ3v) is 4.23. The van der Waals surface area contributed by atoms with Gasteiger partial charge in [0, 0.05) is 5.69 Å². The Morgan fingerprint density at radius 2 is 2.05 bits per heavy atom. The normalized spacial score (nSPS) is 13.1. The smallest absolute Gasteiger partial charge is 0.241 e. The number of carbonyl (C=O) groups excluding carboxylic acids is 1. The van der Waals surface area contributed by atoms with E-state index in [0.29, 0.717) is 12.1 Å². The molecule has 1 amide bonds. The molecule has 0 spiro atoms. The van der Waals surface area contributed by atoms with E-state index < -0.39 is 16.1 Å². The molecule has 6 nitrogen and oxygen atoms in total. The molecule has 19 heavy (non-hydrogen) atoms. The van der Waals surface area contributed by atoms with E-state index in [2.05, 4.69) is 10.0 Å². The second-order valence-corrected chi connectivity index (χ2v) is 6.07. The van der Waals surface area contributed by atoms with Gasteiger partial charge in [0.2, 0.25) is 15.9 Å². The van der Waals surface area contributed by atoms with Crippen molar-refractivity contribution in [2.45, 2.75) is 31.2 Å². The van der Waals surface area contributed by atoms with Gasteiger partial charge in [0.15, 0.2) is 0 Å². The molecule has 0 aromatic heterocycles. The second kappa shape index (κ2) is 6.14. The van der Waals surface area contributed by atoms with Crippen LogP contribution in [-0.2, 0) is 14.8 Å². The van der Waals surface area contributed by atoms with E-state index in [9.17, 15) is 13.2 Å². The molecule has 1 unspecified atom stereocenters. The maximum Gasteiger partial charge on any atom is 0.241 e. The molecule has 0 fully saturated rings. The largest absolute Gasteiger partial charge is 0.324 e. The molecule has 1 aromatic carbocycles. The van der Waals surface area contributed by atoms with Crippen molar-refractivity contribution >= 4 is 21.6 Å². The van der Waals surface area contributed by atoms with Crippen molar-refractivity contribution in [3.8, 4) is 0 Å². The lowest BCUT2D eigenvalue weighted by atomic mass is 10.1. The number of sulfonamides is 1. The van der Waals surface area contributed by atoms with Crippen LogP contribution in [0.25, 0.3) is 0 Å². The average Bonchev–Trinajstić information content (AvgIpc) is 2.39. The van der Waals surface area contributed by atoms with Gasteiger partial charge in [0.05, 0.1) is 10.9 Å². The molecular formula is C12H19N3O3S. The van der Waals surface area contributed by atoms with Crippen molar-refractivity contribution in [2.24, 2.45) is 5.73 Å². The van der Waals surface area contributed by atoms with Crippen LogP contribution in [0, 0.1) is 6.92 Å². The Balaban J connectivity index is 3.09. The molecule has 7 heteroatoms. The highest BCUT2D eigenvalue weighted by molar-refractivity contribution is 7.89. The molecule has 1 aromatic rings. The van der Waals surface area contributed by atoms with Crippen molar-refractivity contribution in [1.82, 2.24) is 4.72 Å². The SMILES string of the molecule is CCC(N)C(=O)Nc1cc(S(=O)(=O)NC)ccc1C. The zero-order valence-electron chi connectivity index (χ0n) is 11.2. The van der Waals surface area contributed by atoms with Gasteiger partial charge in [0.25, 0.3) is 0 Å². The summed E-state index contributed by atoms with van der Waals surface area (Å²) < 4.78 is 25.6. The number of nitrogens with two attached hydrogens (primary N) is 1. The van der Waals surface area contributed by atoms with Crippen molar-refractivity contribution in [3.05, 3.63) is 23.8 Å². The molecule has 0 aliphatic heterocycles. The molecule has 0 bridgehead atoms. The number of nitrogens with one attached hydrogen (secondary N) is 2. The number of rotatable bonds is 5. The first-order chi connectivity index (χ1) is 8.81. The minimum absolute atomic E-state index is 0.0981. The van der Waals surface area contributed by atoms with Gasteiger partial charge in [-0.3, -0.25) is 4.79 Å². The van der Waals surface area contributed by atoms with Gasteiger partial charge in [-0.2, -0.15) is 0 Å². The quantitative estimate of drug-likeness (QED) is 0.736. The van der Waals surface area contributed by atoms with E-state index in [1.54, 1.807) is 19.9 Å². The fraction of sp³-hybridized carbons (Fsp3) is 0.417. The summed E-state index contributed by atoms with van der Waals surface area (Å²) in [7, 11) is -2.20. The number of carbonyl (C=O) groups is 1. The molecule has 0 heterocycles. The van der Waals surface area contributed by atoms with E-state index in [1.807, 2.05) is 0 Å². The van der Waals surface area contributed by atoms with Crippen molar-refractivity contribution < 1.29 is 13.2 Å². The molecule has 4 N–H and O–H groups in total. The highest BCUT2D eigenvalue weighted by atomic mass is 32.2. The monoisotopic (exact) mass is 285 g/mol. The van der Waals surface area contributed by atoms with E-state index >= 15 is 0 Å². The van der Waals surface area contributed by atoms with Crippen LogP contribution in [0.5, 0.6) is 0 Å². The van der Waals surface area contributed by atoms with E-state index in [4.69, 9.17) is 5.73 Å². The number of hydrogen-bond donors (Lipinski definition) is 3. The minimum Gasteiger partial charge on any atom is -0.324 e. The molecule has 0 radical (unpaired) electrons. The number of hydrogen-bond acceptors (Lipinski definition) is 4. The Bertz CT molecular complexity index is 570. The summed E-state index contributed by atoms with van der Waals surface area (Å²) in [5.41, 5.74) is 6.84. The van der Waals surface area contributed by atoms with Crippen LogP contribution in [0.1, 0.15) is 18.9 Å². The lowest BCUT2D eigenvalue weighted by Gasteiger charge is -2.13. The summed E-state index contributed by atoms with van der Waals surface area (Å²) in [5.74, 6) is -0.329. The third kappa shape index (κ3) is 3.76. The Labute approximate surface area is 113 Å². The number of anilines is 1. The van der Waals surface area contributed by atoms with Crippen LogP contribution in [0.4, 0.5) is 5.69 Å². The summed E-state index contributed by atoms with van der Waals surface area (Å²) in [6.07, 6.45) is 0.513. The van der Waals surface area contributed by atoms with Crippen LogP contribution in [0.2, 0.25) is 0 Å². The Kier molecular flexibility index (Phi) is 5.04. The van der Waals surface area contributed by atoms with E-state index in [-0.39, 0.29) is 10.8 Å². The third-order valence-electron chi connectivity index (χ3n) is 2.82. The Hall–Kier alpha value is -1.44. The predicted molar refractivity (Wildman–Crippen MR) is 74.3 cm³/mol. The first-order valence-electron chi connectivity index (χ1n) is 5.92. The Morgan fingerprint density at radius 3 is 2.58 bits per heavy atom. The van der Waals surface area contributed by atoms with Crippen LogP contribution in [-0.4, -0.2) is 27.4 Å². The van der Waals surface area contributed by atoms with Crippen LogP contribution >= 0.6 is 0 Å². The molecule has 1 atom stereocenters. The summed E-state index contributed by atoms with van der Waals surface area (Å²) in [6, 6.07) is 3.93. The van der Waals surface area contributed by atoms with Gasteiger partial charge < -0.3 is 11.1 Å². The van der Waals surface area contributed by atoms with Crippen molar-refractivity contribution in [3.63, 3.8) is 0 Å². The highest BCUT2D eigenvalue weighted by Crippen LogP contribution is 2.20. The zero-order chi connectivity index (χ0) is 14.6. The van der Waals surface area contributed by atoms with E-state index in [0.717, 1.165) is 5.56 Å². The molecule has 0 aliphatic rings. The summed E-state index contributed by atoms with van der Waals surface area (Å²) >= 11 is 0. The van der Waals surface area contributed by atoms with E-state index in [1.165, 1.54) is 19.2 Å². The van der Waals surface area contributed by atoms with Crippen molar-refractivity contribution in [2.75, 3.05) is 12.4 Å². The van der Waals surface area contributed by atoms with Crippen LogP contribution in [0.15, 0.2) is 23.1 Å². The summed E-state index contributed by atoms with van der Waals surface area (Å²) in [6.45, 7) is 3.59. The second-order valence-electron chi connectivity index (χ2n) is 4.19. The zero-order valence-corrected chi connectivity index (χ0v) is 12.0. The fourth-order valence-electron chi connectivity index (χ4n) is 1.43. The maximum absolute atomic E-state index is 11.7. The molecule has 0 saturated carbocycles. The van der Waals surface area contributed by atoms with Gasteiger partial charge in [-0.15, -0.1) is 0 Å². The molecule has 0 saturated heterocycles. The van der Waals surface area contributed by atoms with Gasteiger partial charge in [-0.1, -0.05) is 13.0 Å². The standard InChI is InChI=1S/C12H19N3O3S/c1-4-10(13)12(16)15-11-7-9(6-5-8(11)2)19(17,18)14-3/h5-7,10,14H,4,13H2,1-3H3,(H,15,16). The maximum atomic E-state index is 11.7. The molecular weight excluding hydrogens is 266 g/mol. The van der Waals surface area contributed by atoms with Crippen LogP contribution in [0.3, 0.4) is 0 Å². The van der Waals surface area contributed by atoms with Gasteiger partial charge in [-0.25, -0.2) is 13.1 Å². The van der Waals surface area contributed by atoms with Crippen molar-refractivity contribution in [1.29, 1.82) is 0 Å². The number of amides is 1. The van der Waals surface area contributed by atoms with Gasteiger partial charge >= 0.3 is 0 Å². The lowest BCUT2D eigenvalue weighted by Crippen LogP contribution is -2.35. The molecule has 106 valence electrons. The topological polar surface area (TPSA) is 101 Å². The first kappa shape index (κ1) is 15.6. The molecule has 1 rings (SSSR count). The highest BCUT2D eigenvalue weighted by Gasteiger charge is 2.16. The minimum atomic E-state index is -3.53. The lowest BCUT2D eigenvalue weighted by molar-refractivity contribution is -0.117. The summed E-state index contributed by atoms with van der Waals surface area (Å²) in [5, 5.41) is 2.64. The number of benzene rings is 1. The fourth-order valence-corrected chi connectivity index (χ4v) is 2.19. The van der Waals surface area contributed by atoms with Gasteiger partial charge in [0.1, 0.15) is 0 Å². The van der Waals surface area contributed by atoms with Crippen LogP contribution < -0.4 is 15.8 Å². The average molecular weight is 285 g/mol. The van der Waals surface area contributed by atoms with Gasteiger partial charge in [-0.05, 0) is 38.1 Å². The first-order valence-corrected chi connectivity index (χ1v) is 7.40. The Morgan fingerprint density at radius 1 is 1.42 bits per heavy atom. The summed E-state index contributed by atoms with van der Waals surface area (Å²) in [4.78, 5) is 11.8. The number of aryl methyl sites for hydroxylation is 1.